The monoisotopic (exact) mass is 264 g/mol. The second-order valence-electron chi connectivity index (χ2n) is 4.96. The van der Waals surface area contributed by atoms with Gasteiger partial charge < -0.3 is 5.11 Å². The first-order valence-electron chi connectivity index (χ1n) is 7.21. The number of carbonyl (C=O) groups is 1. The van der Waals surface area contributed by atoms with Gasteiger partial charge in [-0.25, -0.2) is 0 Å². The van der Waals surface area contributed by atoms with Crippen LogP contribution in [0.4, 0.5) is 0 Å². The Hall–Kier alpha value is -1.31. The molecule has 0 radical (unpaired) electrons. The molecule has 0 saturated carbocycles. The van der Waals surface area contributed by atoms with Gasteiger partial charge in [0.25, 0.3) is 0 Å². The smallest absolute Gasteiger partial charge is 0.303 e. The number of allylic oxidation sites excluding steroid dienone is 6. The highest BCUT2D eigenvalue weighted by Crippen LogP contribution is 2.23. The predicted molar refractivity (Wildman–Crippen MR) is 82.3 cm³/mol. The molecule has 19 heavy (non-hydrogen) atoms. The van der Waals surface area contributed by atoms with Crippen LogP contribution < -0.4 is 0 Å². The molecule has 0 unspecified atom stereocenters. The molecule has 0 aromatic rings. The van der Waals surface area contributed by atoms with E-state index < -0.39 is 5.97 Å². The fraction of sp³-hybridized carbons (Fsp3) is 0.588. The maximum absolute atomic E-state index is 10.7. The van der Waals surface area contributed by atoms with Crippen molar-refractivity contribution in [3.05, 3.63) is 34.9 Å². The van der Waals surface area contributed by atoms with Crippen molar-refractivity contribution < 1.29 is 9.90 Å². The van der Waals surface area contributed by atoms with Crippen LogP contribution in [-0.2, 0) is 4.79 Å². The van der Waals surface area contributed by atoms with Crippen molar-refractivity contribution in [2.75, 3.05) is 0 Å². The maximum atomic E-state index is 10.7. The summed E-state index contributed by atoms with van der Waals surface area (Å²) in [6, 6.07) is 0. The fourth-order valence-corrected chi connectivity index (χ4v) is 2.00. The average Bonchev–Trinajstić information content (AvgIpc) is 2.37. The molecule has 2 nitrogen and oxygen atoms in total. The van der Waals surface area contributed by atoms with Gasteiger partial charge in [-0.15, -0.1) is 0 Å². The number of hydrogen-bond donors (Lipinski definition) is 1. The third-order valence-electron chi connectivity index (χ3n) is 3.27. The van der Waals surface area contributed by atoms with Gasteiger partial charge in [-0.2, -0.15) is 0 Å². The summed E-state index contributed by atoms with van der Waals surface area (Å²) < 4.78 is 0. The molecule has 108 valence electrons. The highest BCUT2D eigenvalue weighted by molar-refractivity contribution is 5.67. The van der Waals surface area contributed by atoms with Crippen molar-refractivity contribution in [2.24, 2.45) is 0 Å². The van der Waals surface area contributed by atoms with Gasteiger partial charge in [-0.1, -0.05) is 49.1 Å². The Balaban J connectivity index is 4.89. The van der Waals surface area contributed by atoms with Crippen LogP contribution in [0.3, 0.4) is 0 Å². The normalized spacial score (nSPS) is 13.8. The van der Waals surface area contributed by atoms with Crippen molar-refractivity contribution in [3.8, 4) is 0 Å². The Morgan fingerprint density at radius 2 is 1.89 bits per heavy atom. The van der Waals surface area contributed by atoms with Gasteiger partial charge >= 0.3 is 5.97 Å². The first-order valence-corrected chi connectivity index (χ1v) is 7.21. The second-order valence-corrected chi connectivity index (χ2v) is 4.96. The molecule has 0 aliphatic carbocycles. The topological polar surface area (TPSA) is 37.3 Å². The van der Waals surface area contributed by atoms with Crippen LogP contribution >= 0.6 is 0 Å². The first kappa shape index (κ1) is 17.7. The Kier molecular flexibility index (Phi) is 9.87. The summed E-state index contributed by atoms with van der Waals surface area (Å²) >= 11 is 0. The summed E-state index contributed by atoms with van der Waals surface area (Å²) in [6.45, 7) is 8.40. The van der Waals surface area contributed by atoms with Crippen LogP contribution in [0.5, 0.6) is 0 Å². The van der Waals surface area contributed by atoms with E-state index >= 15 is 0 Å². The molecule has 0 bridgehead atoms. The number of carboxylic acid groups (broad SMARTS) is 1. The number of unbranched alkanes of at least 4 members (excludes halogenated alkanes) is 2. The zero-order valence-electron chi connectivity index (χ0n) is 12.8. The third kappa shape index (κ3) is 8.41. The highest BCUT2D eigenvalue weighted by atomic mass is 16.4. The number of aliphatic carboxylic acids is 1. The molecule has 0 saturated heterocycles. The van der Waals surface area contributed by atoms with E-state index in [1.165, 1.54) is 29.6 Å². The summed E-state index contributed by atoms with van der Waals surface area (Å²) in [6.07, 6.45) is 11.7. The van der Waals surface area contributed by atoms with E-state index in [4.69, 9.17) is 5.11 Å². The van der Waals surface area contributed by atoms with Crippen molar-refractivity contribution in [3.63, 3.8) is 0 Å². The molecule has 0 atom stereocenters. The highest BCUT2D eigenvalue weighted by Gasteiger charge is 2.06. The molecular weight excluding hydrogens is 236 g/mol. The van der Waals surface area contributed by atoms with Gasteiger partial charge in [-0.3, -0.25) is 4.79 Å². The largest absolute Gasteiger partial charge is 0.481 e. The van der Waals surface area contributed by atoms with Gasteiger partial charge in [0.1, 0.15) is 0 Å². The van der Waals surface area contributed by atoms with Crippen LogP contribution in [0.15, 0.2) is 34.9 Å². The summed E-state index contributed by atoms with van der Waals surface area (Å²) in [4.78, 5) is 10.7. The van der Waals surface area contributed by atoms with Gasteiger partial charge in [0, 0.05) is 6.42 Å². The van der Waals surface area contributed by atoms with Crippen LogP contribution in [-0.4, -0.2) is 11.1 Å². The Labute approximate surface area is 117 Å². The Bertz CT molecular complexity index is 359. The molecule has 0 amide bonds. The minimum Gasteiger partial charge on any atom is -0.481 e. The van der Waals surface area contributed by atoms with E-state index in [2.05, 4.69) is 32.9 Å². The molecule has 0 fully saturated rings. The standard InChI is InChI=1S/C17H28O2/c1-5-7-9-10-14(3)16(11-8-6-2)15(4)12-13-17(18)19/h6,8,10H,5,7,9,11-13H2,1-4H3,(H,18,19)/b8-6-,14-10-,16-15+. The lowest BCUT2D eigenvalue weighted by Gasteiger charge is -2.11. The second kappa shape index (κ2) is 10.6. The van der Waals surface area contributed by atoms with E-state index in [-0.39, 0.29) is 6.42 Å². The van der Waals surface area contributed by atoms with Crippen LogP contribution in [0.25, 0.3) is 0 Å². The van der Waals surface area contributed by atoms with E-state index in [9.17, 15) is 4.79 Å². The zero-order chi connectivity index (χ0) is 14.7. The summed E-state index contributed by atoms with van der Waals surface area (Å²) in [5.41, 5.74) is 3.80. The van der Waals surface area contributed by atoms with Crippen molar-refractivity contribution in [2.45, 2.75) is 66.2 Å². The van der Waals surface area contributed by atoms with E-state index in [1.54, 1.807) is 0 Å². The van der Waals surface area contributed by atoms with Crippen molar-refractivity contribution in [1.29, 1.82) is 0 Å². The third-order valence-corrected chi connectivity index (χ3v) is 3.27. The van der Waals surface area contributed by atoms with Crippen molar-refractivity contribution >= 4 is 5.97 Å². The minimum absolute atomic E-state index is 0.216. The van der Waals surface area contributed by atoms with Crippen molar-refractivity contribution in [1.82, 2.24) is 0 Å². The van der Waals surface area contributed by atoms with Gasteiger partial charge in [0.15, 0.2) is 0 Å². The SMILES string of the molecule is C/C=C\CC(/C(C)=C\CCCC)=C(/C)CCC(=O)O. The van der Waals surface area contributed by atoms with E-state index in [0.29, 0.717) is 6.42 Å². The maximum Gasteiger partial charge on any atom is 0.303 e. The molecular formula is C17H28O2. The van der Waals surface area contributed by atoms with Gasteiger partial charge in [0.05, 0.1) is 0 Å². The summed E-state index contributed by atoms with van der Waals surface area (Å²) in [7, 11) is 0. The molecule has 0 rings (SSSR count). The Morgan fingerprint density at radius 1 is 1.21 bits per heavy atom. The number of carboxylic acids is 1. The molecule has 0 heterocycles. The first-order chi connectivity index (χ1) is 9.02. The van der Waals surface area contributed by atoms with Crippen LogP contribution in [0, 0.1) is 0 Å². The molecule has 0 spiro atoms. The lowest BCUT2D eigenvalue weighted by molar-refractivity contribution is -0.136. The molecule has 0 aliphatic rings. The number of hydrogen-bond acceptors (Lipinski definition) is 1. The van der Waals surface area contributed by atoms with Gasteiger partial charge in [0.2, 0.25) is 0 Å². The van der Waals surface area contributed by atoms with E-state index in [0.717, 1.165) is 12.8 Å². The molecule has 2 heteroatoms. The number of rotatable bonds is 9. The van der Waals surface area contributed by atoms with Crippen LogP contribution in [0.1, 0.15) is 66.2 Å². The predicted octanol–water partition coefficient (Wildman–Crippen LogP) is 5.27. The average molecular weight is 264 g/mol. The summed E-state index contributed by atoms with van der Waals surface area (Å²) in [5, 5.41) is 8.78. The molecule has 0 aromatic carbocycles. The summed E-state index contributed by atoms with van der Waals surface area (Å²) in [5.74, 6) is -0.725. The fourth-order valence-electron chi connectivity index (χ4n) is 2.00. The zero-order valence-corrected chi connectivity index (χ0v) is 12.8. The Morgan fingerprint density at radius 3 is 2.42 bits per heavy atom. The molecule has 1 N–H and O–H groups in total. The molecule has 0 aromatic heterocycles. The quantitative estimate of drug-likeness (QED) is 0.350. The van der Waals surface area contributed by atoms with E-state index in [1.807, 2.05) is 13.0 Å². The van der Waals surface area contributed by atoms with Crippen LogP contribution in [0.2, 0.25) is 0 Å². The van der Waals surface area contributed by atoms with Gasteiger partial charge in [-0.05, 0) is 45.6 Å². The molecule has 0 aliphatic heterocycles. The minimum atomic E-state index is -0.725. The lowest BCUT2D eigenvalue weighted by atomic mass is 9.95. The lowest BCUT2D eigenvalue weighted by Crippen LogP contribution is -1.97.